The van der Waals surface area contributed by atoms with E-state index in [1.54, 1.807) is 6.20 Å². The third kappa shape index (κ3) is 3.49. The Morgan fingerprint density at radius 1 is 1.52 bits per heavy atom. The molecule has 0 aromatic carbocycles. The first-order valence-electron chi connectivity index (χ1n) is 7.15. The predicted molar refractivity (Wildman–Crippen MR) is 82.5 cm³/mol. The Morgan fingerprint density at radius 2 is 2.19 bits per heavy atom. The van der Waals surface area contributed by atoms with Crippen molar-refractivity contribution in [2.24, 2.45) is 11.8 Å². The van der Waals surface area contributed by atoms with Gasteiger partial charge in [-0.2, -0.15) is 0 Å². The van der Waals surface area contributed by atoms with Gasteiger partial charge in [0.2, 0.25) is 0 Å². The highest BCUT2D eigenvalue weighted by Crippen LogP contribution is 2.46. The van der Waals surface area contributed by atoms with Crippen molar-refractivity contribution in [3.63, 3.8) is 0 Å². The second-order valence-electron chi connectivity index (χ2n) is 6.68. The van der Waals surface area contributed by atoms with E-state index in [0.717, 1.165) is 29.0 Å². The molecular formula is C14H20ClN3O2S. The molecule has 7 heteroatoms. The first-order valence-corrected chi connectivity index (χ1v) is 8.34. The van der Waals surface area contributed by atoms with E-state index in [-0.39, 0.29) is 6.09 Å². The van der Waals surface area contributed by atoms with Crippen LogP contribution in [0.3, 0.4) is 0 Å². The van der Waals surface area contributed by atoms with Crippen LogP contribution in [0.4, 0.5) is 4.79 Å². The van der Waals surface area contributed by atoms with Crippen molar-refractivity contribution in [1.82, 2.24) is 15.2 Å². The van der Waals surface area contributed by atoms with Gasteiger partial charge in [-0.25, -0.2) is 9.78 Å². The van der Waals surface area contributed by atoms with Crippen LogP contribution in [0.15, 0.2) is 6.20 Å². The van der Waals surface area contributed by atoms with Crippen molar-refractivity contribution in [2.75, 3.05) is 13.1 Å². The molecule has 1 aromatic rings. The number of rotatable bonds is 3. The lowest BCUT2D eigenvalue weighted by Crippen LogP contribution is -2.39. The molecule has 1 N–H and O–H groups in total. The van der Waals surface area contributed by atoms with Gasteiger partial charge in [0, 0.05) is 25.7 Å². The first-order chi connectivity index (χ1) is 9.83. The second kappa shape index (κ2) is 5.41. The number of halogens is 1. The fourth-order valence-electron chi connectivity index (χ4n) is 2.88. The van der Waals surface area contributed by atoms with Gasteiger partial charge >= 0.3 is 6.09 Å². The van der Waals surface area contributed by atoms with Crippen molar-refractivity contribution in [2.45, 2.75) is 39.0 Å². The van der Waals surface area contributed by atoms with Gasteiger partial charge in [0.25, 0.3) is 0 Å². The number of ether oxygens (including phenoxy) is 1. The SMILES string of the molecule is CC(C)(C)OC(=O)N1CC2C(C1)C2NCc1ncc(Cl)s1. The maximum absolute atomic E-state index is 12.0. The molecule has 1 amide bonds. The van der Waals surface area contributed by atoms with Gasteiger partial charge in [-0.3, -0.25) is 0 Å². The highest BCUT2D eigenvalue weighted by molar-refractivity contribution is 7.15. The van der Waals surface area contributed by atoms with Crippen molar-refractivity contribution < 1.29 is 9.53 Å². The summed E-state index contributed by atoms with van der Waals surface area (Å²) >= 11 is 7.37. The minimum atomic E-state index is -0.425. The van der Waals surface area contributed by atoms with Crippen LogP contribution >= 0.6 is 22.9 Å². The van der Waals surface area contributed by atoms with E-state index >= 15 is 0 Å². The van der Waals surface area contributed by atoms with Crippen LogP contribution in [0.1, 0.15) is 25.8 Å². The van der Waals surface area contributed by atoms with Gasteiger partial charge in [-0.15, -0.1) is 11.3 Å². The Balaban J connectivity index is 1.43. The summed E-state index contributed by atoms with van der Waals surface area (Å²) in [5, 5.41) is 4.51. The summed E-state index contributed by atoms with van der Waals surface area (Å²) in [6.45, 7) is 8.01. The molecule has 1 aromatic heterocycles. The van der Waals surface area contributed by atoms with E-state index in [9.17, 15) is 4.79 Å². The van der Waals surface area contributed by atoms with Gasteiger partial charge in [-0.05, 0) is 32.6 Å². The van der Waals surface area contributed by atoms with Crippen LogP contribution in [0, 0.1) is 11.8 Å². The molecule has 0 bridgehead atoms. The standard InChI is InChI=1S/C14H20ClN3O2S/c1-14(2,3)20-13(19)18-6-8-9(7-18)12(8)17-5-11-16-4-10(15)21-11/h4,8-9,12,17H,5-7H2,1-3H3. The highest BCUT2D eigenvalue weighted by Gasteiger charge is 2.56. The molecule has 0 radical (unpaired) electrons. The fourth-order valence-corrected chi connectivity index (χ4v) is 3.79. The molecule has 2 heterocycles. The number of nitrogens with one attached hydrogen (secondary N) is 1. The third-order valence-corrected chi connectivity index (χ3v) is 4.97. The van der Waals surface area contributed by atoms with Crippen LogP contribution in [0.25, 0.3) is 0 Å². The summed E-state index contributed by atoms with van der Waals surface area (Å²) < 4.78 is 6.12. The average molecular weight is 330 g/mol. The molecule has 5 nitrogen and oxygen atoms in total. The van der Waals surface area contributed by atoms with Crippen LogP contribution in [-0.2, 0) is 11.3 Å². The molecule has 2 aliphatic rings. The molecule has 2 fully saturated rings. The average Bonchev–Trinajstić information content (AvgIpc) is 2.77. The summed E-state index contributed by atoms with van der Waals surface area (Å²) in [4.78, 5) is 18.0. The number of amides is 1. The number of likely N-dealkylation sites (tertiary alicyclic amines) is 1. The minimum Gasteiger partial charge on any atom is -0.444 e. The number of piperidine rings is 1. The normalized spacial score (nSPS) is 27.6. The van der Waals surface area contributed by atoms with Gasteiger partial charge in [-0.1, -0.05) is 11.6 Å². The lowest BCUT2D eigenvalue weighted by molar-refractivity contribution is 0.0269. The molecule has 2 atom stereocenters. The molecule has 1 saturated heterocycles. The molecule has 1 saturated carbocycles. The second-order valence-corrected chi connectivity index (χ2v) is 8.42. The van der Waals surface area contributed by atoms with Crippen LogP contribution in [0.2, 0.25) is 4.34 Å². The summed E-state index contributed by atoms with van der Waals surface area (Å²) in [5.74, 6) is 1.10. The predicted octanol–water partition coefficient (Wildman–Crippen LogP) is 2.75. The van der Waals surface area contributed by atoms with E-state index < -0.39 is 5.60 Å². The van der Waals surface area contributed by atoms with E-state index in [1.165, 1.54) is 11.3 Å². The number of carbonyl (C=O) groups excluding carboxylic acids is 1. The van der Waals surface area contributed by atoms with E-state index in [4.69, 9.17) is 16.3 Å². The lowest BCUT2D eigenvalue weighted by atomic mass is 10.2. The maximum Gasteiger partial charge on any atom is 0.410 e. The van der Waals surface area contributed by atoms with Crippen molar-refractivity contribution in [1.29, 1.82) is 0 Å². The van der Waals surface area contributed by atoms with E-state index in [1.807, 2.05) is 25.7 Å². The number of thiazole rings is 1. The zero-order valence-corrected chi connectivity index (χ0v) is 14.0. The van der Waals surface area contributed by atoms with Gasteiger partial charge in [0.15, 0.2) is 0 Å². The van der Waals surface area contributed by atoms with Gasteiger partial charge in [0.05, 0.1) is 6.20 Å². The smallest absolute Gasteiger partial charge is 0.410 e. The van der Waals surface area contributed by atoms with E-state index in [2.05, 4.69) is 10.3 Å². The van der Waals surface area contributed by atoms with Crippen molar-refractivity contribution >= 4 is 29.0 Å². The van der Waals surface area contributed by atoms with Gasteiger partial charge in [0.1, 0.15) is 14.9 Å². The summed E-state index contributed by atoms with van der Waals surface area (Å²) in [6, 6.07) is 0.492. The monoisotopic (exact) mass is 329 g/mol. The van der Waals surface area contributed by atoms with Crippen LogP contribution in [0.5, 0.6) is 0 Å². The lowest BCUT2D eigenvalue weighted by Gasteiger charge is -2.26. The molecule has 21 heavy (non-hydrogen) atoms. The molecule has 1 aliphatic heterocycles. The van der Waals surface area contributed by atoms with Gasteiger partial charge < -0.3 is 15.0 Å². The number of nitrogens with zero attached hydrogens (tertiary/aromatic N) is 2. The molecular weight excluding hydrogens is 310 g/mol. The summed E-state index contributed by atoms with van der Waals surface area (Å²) in [6.07, 6.45) is 1.49. The van der Waals surface area contributed by atoms with Crippen LogP contribution < -0.4 is 5.32 Å². The zero-order chi connectivity index (χ0) is 15.2. The fraction of sp³-hybridized carbons (Fsp3) is 0.714. The zero-order valence-electron chi connectivity index (χ0n) is 12.4. The number of fused-ring (bicyclic) bond motifs is 1. The quantitative estimate of drug-likeness (QED) is 0.926. The van der Waals surface area contributed by atoms with Crippen molar-refractivity contribution in [3.05, 3.63) is 15.5 Å². The Kier molecular flexibility index (Phi) is 3.88. The van der Waals surface area contributed by atoms with Crippen LogP contribution in [-0.4, -0.2) is 40.7 Å². The topological polar surface area (TPSA) is 54.5 Å². The van der Waals surface area contributed by atoms with Crippen molar-refractivity contribution in [3.8, 4) is 0 Å². The molecule has 0 spiro atoms. The maximum atomic E-state index is 12.0. The molecule has 2 unspecified atom stereocenters. The first kappa shape index (κ1) is 15.1. The Labute approximate surface area is 133 Å². The third-order valence-electron chi connectivity index (χ3n) is 3.86. The minimum absolute atomic E-state index is 0.194. The highest BCUT2D eigenvalue weighted by atomic mass is 35.5. The Hall–Kier alpha value is -0.850. The molecule has 3 rings (SSSR count). The molecule has 116 valence electrons. The number of hydrogen-bond donors (Lipinski definition) is 1. The summed E-state index contributed by atoms with van der Waals surface area (Å²) in [7, 11) is 0. The largest absolute Gasteiger partial charge is 0.444 e. The number of hydrogen-bond acceptors (Lipinski definition) is 5. The Bertz CT molecular complexity index is 531. The molecule has 1 aliphatic carbocycles. The Morgan fingerprint density at radius 3 is 2.71 bits per heavy atom. The summed E-state index contributed by atoms with van der Waals surface area (Å²) in [5.41, 5.74) is -0.425. The number of aromatic nitrogens is 1. The number of carbonyl (C=O) groups is 1. The van der Waals surface area contributed by atoms with E-state index in [0.29, 0.717) is 17.9 Å².